The molecule has 1 aliphatic heterocycles. The highest BCUT2D eigenvalue weighted by atomic mass is 35.5. The number of halogens is 1. The lowest BCUT2D eigenvalue weighted by atomic mass is 10.2. The number of carbonyl (C=O) groups is 1. The van der Waals surface area contributed by atoms with Crippen molar-refractivity contribution >= 4 is 23.2 Å². The van der Waals surface area contributed by atoms with Gasteiger partial charge in [-0.2, -0.15) is 5.10 Å². The Morgan fingerprint density at radius 3 is 2.38 bits per heavy atom. The molecule has 1 saturated carbocycles. The average molecular weight is 373 g/mol. The quantitative estimate of drug-likeness (QED) is 0.825. The smallest absolute Gasteiger partial charge is 0.267 e. The highest BCUT2D eigenvalue weighted by molar-refractivity contribution is 6.30. The number of piperazine rings is 1. The number of carbonyl (C=O) groups excluding carboxylic acids is 1. The van der Waals surface area contributed by atoms with Crippen LogP contribution < -0.4 is 10.5 Å². The van der Waals surface area contributed by atoms with Gasteiger partial charge in [-0.1, -0.05) is 11.6 Å². The van der Waals surface area contributed by atoms with Crippen LogP contribution in [-0.4, -0.2) is 46.8 Å². The van der Waals surface area contributed by atoms with Crippen molar-refractivity contribution in [3.63, 3.8) is 0 Å². The molecule has 0 unspecified atom stereocenters. The highest BCUT2D eigenvalue weighted by Gasteiger charge is 2.26. The van der Waals surface area contributed by atoms with Crippen LogP contribution in [0.25, 0.3) is 0 Å². The minimum atomic E-state index is -0.220. The molecule has 1 amide bonds. The third kappa shape index (κ3) is 3.75. The van der Waals surface area contributed by atoms with Crippen molar-refractivity contribution in [3.05, 3.63) is 57.5 Å². The first-order chi connectivity index (χ1) is 12.6. The number of amides is 1. The lowest BCUT2D eigenvalue weighted by Gasteiger charge is -2.36. The molecule has 1 aromatic carbocycles. The molecule has 2 aliphatic rings. The first kappa shape index (κ1) is 17.1. The summed E-state index contributed by atoms with van der Waals surface area (Å²) < 4.78 is 1.31. The van der Waals surface area contributed by atoms with Crippen LogP contribution in [0.4, 0.5) is 5.69 Å². The molecule has 1 saturated heterocycles. The van der Waals surface area contributed by atoms with E-state index < -0.39 is 0 Å². The van der Waals surface area contributed by atoms with E-state index in [1.807, 2.05) is 29.2 Å². The van der Waals surface area contributed by atoms with Crippen molar-refractivity contribution in [3.8, 4) is 0 Å². The van der Waals surface area contributed by atoms with E-state index in [0.717, 1.165) is 37.3 Å². The average Bonchev–Trinajstić information content (AvgIpc) is 3.49. The predicted octanol–water partition coefficient (Wildman–Crippen LogP) is 2.12. The van der Waals surface area contributed by atoms with Crippen LogP contribution >= 0.6 is 11.6 Å². The summed E-state index contributed by atoms with van der Waals surface area (Å²) in [4.78, 5) is 28.6. The van der Waals surface area contributed by atoms with Crippen LogP contribution in [0.2, 0.25) is 5.02 Å². The van der Waals surface area contributed by atoms with Crippen molar-refractivity contribution in [2.75, 3.05) is 31.1 Å². The van der Waals surface area contributed by atoms with Crippen LogP contribution in [0, 0.1) is 0 Å². The number of rotatable bonds is 4. The van der Waals surface area contributed by atoms with E-state index in [9.17, 15) is 9.59 Å². The molecule has 1 aliphatic carbocycles. The molecule has 7 heteroatoms. The first-order valence-corrected chi connectivity index (χ1v) is 9.34. The van der Waals surface area contributed by atoms with Crippen LogP contribution in [0.5, 0.6) is 0 Å². The molecule has 2 aromatic rings. The van der Waals surface area contributed by atoms with Gasteiger partial charge in [0.05, 0.1) is 5.69 Å². The highest BCUT2D eigenvalue weighted by Crippen LogP contribution is 2.38. The second kappa shape index (κ2) is 7.11. The van der Waals surface area contributed by atoms with Gasteiger partial charge in [0.15, 0.2) is 0 Å². The van der Waals surface area contributed by atoms with Crippen LogP contribution in [-0.2, 0) is 11.3 Å². The summed E-state index contributed by atoms with van der Waals surface area (Å²) in [7, 11) is 0. The summed E-state index contributed by atoms with van der Waals surface area (Å²) in [6.45, 7) is 2.81. The van der Waals surface area contributed by atoms with Crippen LogP contribution in [0.15, 0.2) is 41.2 Å². The summed E-state index contributed by atoms with van der Waals surface area (Å²) in [6.07, 6.45) is 2.23. The maximum Gasteiger partial charge on any atom is 0.267 e. The van der Waals surface area contributed by atoms with Gasteiger partial charge in [-0.25, -0.2) is 4.68 Å². The lowest BCUT2D eigenvalue weighted by Crippen LogP contribution is -2.50. The molecular formula is C19H21ClN4O2. The number of nitrogens with zero attached hydrogens (tertiary/aromatic N) is 4. The Bertz CT molecular complexity index is 853. The fraction of sp³-hybridized carbons (Fsp3) is 0.421. The molecule has 26 heavy (non-hydrogen) atoms. The second-order valence-corrected chi connectivity index (χ2v) is 7.31. The van der Waals surface area contributed by atoms with Gasteiger partial charge >= 0.3 is 0 Å². The number of benzene rings is 1. The number of aromatic nitrogens is 2. The van der Waals surface area contributed by atoms with E-state index in [1.54, 1.807) is 6.07 Å². The molecule has 0 spiro atoms. The third-order valence-electron chi connectivity index (χ3n) is 4.99. The monoisotopic (exact) mass is 372 g/mol. The predicted molar refractivity (Wildman–Crippen MR) is 101 cm³/mol. The van der Waals surface area contributed by atoms with Gasteiger partial charge in [0, 0.05) is 48.9 Å². The Morgan fingerprint density at radius 2 is 1.73 bits per heavy atom. The zero-order chi connectivity index (χ0) is 18.1. The van der Waals surface area contributed by atoms with Crippen molar-refractivity contribution in [2.45, 2.75) is 25.3 Å². The van der Waals surface area contributed by atoms with E-state index >= 15 is 0 Å². The maximum atomic E-state index is 12.6. The molecule has 6 nitrogen and oxygen atoms in total. The standard InChI is InChI=1S/C19H21ClN4O2/c20-15-3-5-16(6-4-15)22-9-11-23(12-10-22)19(26)13-24-18(25)8-7-17(21-24)14-1-2-14/h3-8,14H,1-2,9-13H2. The molecule has 0 N–H and O–H groups in total. The maximum absolute atomic E-state index is 12.6. The molecule has 2 heterocycles. The zero-order valence-electron chi connectivity index (χ0n) is 14.5. The van der Waals surface area contributed by atoms with Gasteiger partial charge in [0.2, 0.25) is 5.91 Å². The molecule has 1 aromatic heterocycles. The summed E-state index contributed by atoms with van der Waals surface area (Å²) >= 11 is 5.93. The van der Waals surface area contributed by atoms with E-state index in [2.05, 4.69) is 10.00 Å². The van der Waals surface area contributed by atoms with Gasteiger partial charge < -0.3 is 9.80 Å². The van der Waals surface area contributed by atoms with Gasteiger partial charge in [0.25, 0.3) is 5.56 Å². The Kier molecular flexibility index (Phi) is 4.68. The Hall–Kier alpha value is -2.34. The van der Waals surface area contributed by atoms with Crippen molar-refractivity contribution in [2.24, 2.45) is 0 Å². The fourth-order valence-electron chi connectivity index (χ4n) is 3.27. The van der Waals surface area contributed by atoms with Gasteiger partial charge in [0.1, 0.15) is 6.54 Å². The summed E-state index contributed by atoms with van der Waals surface area (Å²) in [5.74, 6) is 0.406. The third-order valence-corrected chi connectivity index (χ3v) is 5.24. The molecule has 0 atom stereocenters. The van der Waals surface area contributed by atoms with Crippen molar-refractivity contribution in [1.82, 2.24) is 14.7 Å². The van der Waals surface area contributed by atoms with Crippen LogP contribution in [0.1, 0.15) is 24.5 Å². The van der Waals surface area contributed by atoms with E-state index in [1.165, 1.54) is 10.7 Å². The second-order valence-electron chi connectivity index (χ2n) is 6.87. The summed E-state index contributed by atoms with van der Waals surface area (Å²) in [5, 5.41) is 5.09. The largest absolute Gasteiger partial charge is 0.368 e. The zero-order valence-corrected chi connectivity index (χ0v) is 15.2. The Balaban J connectivity index is 1.37. The molecule has 0 bridgehead atoms. The van der Waals surface area contributed by atoms with Gasteiger partial charge in [-0.3, -0.25) is 9.59 Å². The summed E-state index contributed by atoms with van der Waals surface area (Å²) in [6, 6.07) is 11.0. The number of hydrogen-bond acceptors (Lipinski definition) is 4. The molecular weight excluding hydrogens is 352 g/mol. The topological polar surface area (TPSA) is 58.4 Å². The SMILES string of the molecule is O=C(Cn1nc(C2CC2)ccc1=O)N1CCN(c2ccc(Cl)cc2)CC1. The summed E-state index contributed by atoms with van der Waals surface area (Å²) in [5.41, 5.74) is 1.81. The van der Waals surface area contributed by atoms with Crippen LogP contribution in [0.3, 0.4) is 0 Å². The minimum absolute atomic E-state index is 0.0142. The Morgan fingerprint density at radius 1 is 1.04 bits per heavy atom. The normalized spacial score (nSPS) is 17.4. The van der Waals surface area contributed by atoms with Gasteiger partial charge in [-0.05, 0) is 43.2 Å². The Labute approximate surface area is 157 Å². The fourth-order valence-corrected chi connectivity index (χ4v) is 3.39. The first-order valence-electron chi connectivity index (χ1n) is 8.96. The van der Waals surface area contributed by atoms with Crippen molar-refractivity contribution in [1.29, 1.82) is 0 Å². The molecule has 136 valence electrons. The van der Waals surface area contributed by atoms with E-state index in [0.29, 0.717) is 24.0 Å². The van der Waals surface area contributed by atoms with E-state index in [4.69, 9.17) is 11.6 Å². The molecule has 4 rings (SSSR count). The lowest BCUT2D eigenvalue weighted by molar-refractivity contribution is -0.132. The minimum Gasteiger partial charge on any atom is -0.368 e. The number of anilines is 1. The molecule has 2 fully saturated rings. The molecule has 0 radical (unpaired) electrons. The van der Waals surface area contributed by atoms with Crippen molar-refractivity contribution < 1.29 is 4.79 Å². The van der Waals surface area contributed by atoms with Gasteiger partial charge in [-0.15, -0.1) is 0 Å². The van der Waals surface area contributed by atoms with E-state index in [-0.39, 0.29) is 18.0 Å². The number of hydrogen-bond donors (Lipinski definition) is 0.